The van der Waals surface area contributed by atoms with E-state index in [1.165, 1.54) is 16.7 Å². The normalized spacial score (nSPS) is 13.4. The van der Waals surface area contributed by atoms with Gasteiger partial charge in [0.05, 0.1) is 16.9 Å². The molecule has 1 unspecified atom stereocenters. The predicted octanol–water partition coefficient (Wildman–Crippen LogP) is 12.9. The van der Waals surface area contributed by atoms with E-state index in [0.717, 1.165) is 72.5 Å². The molecular formula is C52H36N4. The maximum absolute atomic E-state index is 5.34. The van der Waals surface area contributed by atoms with Crippen LogP contribution < -0.4 is 5.32 Å². The van der Waals surface area contributed by atoms with Gasteiger partial charge < -0.3 is 5.32 Å². The third kappa shape index (κ3) is 6.44. The fourth-order valence-corrected chi connectivity index (χ4v) is 7.66. The number of aromatic nitrogens is 2. The monoisotopic (exact) mass is 716 g/mol. The number of nitrogens with zero attached hydrogens (tertiary/aromatic N) is 3. The number of rotatable bonds is 7. The lowest BCUT2D eigenvalue weighted by Gasteiger charge is -2.26. The second kappa shape index (κ2) is 14.4. The number of fused-ring (bicyclic) bond motifs is 2. The summed E-state index contributed by atoms with van der Waals surface area (Å²) in [6.07, 6.45) is -0.255. The summed E-state index contributed by atoms with van der Waals surface area (Å²) in [6, 6.07) is 72.2. The third-order valence-corrected chi connectivity index (χ3v) is 10.5. The van der Waals surface area contributed by atoms with Crippen LogP contribution in [-0.4, -0.2) is 15.7 Å². The van der Waals surface area contributed by atoms with Crippen LogP contribution in [0.1, 0.15) is 22.9 Å². The summed E-state index contributed by atoms with van der Waals surface area (Å²) in [5.41, 5.74) is 16.1. The van der Waals surface area contributed by atoms with Crippen LogP contribution in [0.4, 0.5) is 5.69 Å². The van der Waals surface area contributed by atoms with E-state index >= 15 is 0 Å². The second-order valence-electron chi connectivity index (χ2n) is 14.1. The van der Waals surface area contributed by atoms with Gasteiger partial charge in [0.2, 0.25) is 0 Å². The number of benzene rings is 8. The molecule has 0 fully saturated rings. The number of para-hydroxylation sites is 2. The van der Waals surface area contributed by atoms with E-state index in [2.05, 4.69) is 193 Å². The van der Waals surface area contributed by atoms with Crippen LogP contribution in [0.2, 0.25) is 0 Å². The quantitative estimate of drug-likeness (QED) is 0.179. The van der Waals surface area contributed by atoms with Crippen molar-refractivity contribution >= 4 is 22.3 Å². The van der Waals surface area contributed by atoms with Gasteiger partial charge in [-0.05, 0) is 69.3 Å². The van der Waals surface area contributed by atoms with E-state index in [1.54, 1.807) is 0 Å². The molecule has 1 aliphatic heterocycles. The summed E-state index contributed by atoms with van der Waals surface area (Å²) in [4.78, 5) is 15.7. The van der Waals surface area contributed by atoms with Gasteiger partial charge in [-0.25, -0.2) is 9.97 Å². The lowest BCUT2D eigenvalue weighted by atomic mass is 9.95. The average molecular weight is 717 g/mol. The number of hydrogen-bond acceptors (Lipinski definition) is 4. The molecule has 0 amide bonds. The van der Waals surface area contributed by atoms with Gasteiger partial charge in [-0.2, -0.15) is 0 Å². The minimum Gasteiger partial charge on any atom is -0.360 e. The molecule has 56 heavy (non-hydrogen) atoms. The third-order valence-electron chi connectivity index (χ3n) is 10.5. The van der Waals surface area contributed by atoms with E-state index in [4.69, 9.17) is 15.0 Å². The second-order valence-corrected chi connectivity index (χ2v) is 14.1. The van der Waals surface area contributed by atoms with Crippen molar-refractivity contribution < 1.29 is 0 Å². The standard InChI is InChI=1S/C52H36N4/c1-3-14-35(15-4-1)37-28-30-38(31-29-37)49-45-24-7-9-26-47(45)53-51(55-49)43-22-12-19-40(33-43)41-20-13-23-44(34-41)52-54-48-27-10-8-25-46(48)50(56-52)42-21-11-18-39(32-42)36-16-5-2-6-17-36/h1-34,51,53H. The Hall–Kier alpha value is -7.43. The number of nitrogens with one attached hydrogen (secondary N) is 1. The van der Waals surface area contributed by atoms with Crippen molar-refractivity contribution in [2.75, 3.05) is 5.32 Å². The molecule has 0 radical (unpaired) electrons. The van der Waals surface area contributed by atoms with E-state index < -0.39 is 0 Å². The highest BCUT2D eigenvalue weighted by Gasteiger charge is 2.23. The summed E-state index contributed by atoms with van der Waals surface area (Å²) < 4.78 is 0. The zero-order valence-corrected chi connectivity index (χ0v) is 30.5. The predicted molar refractivity (Wildman–Crippen MR) is 232 cm³/mol. The summed E-state index contributed by atoms with van der Waals surface area (Å²) in [6.45, 7) is 0. The Morgan fingerprint density at radius 2 is 0.911 bits per heavy atom. The van der Waals surface area contributed by atoms with Gasteiger partial charge in [0.25, 0.3) is 0 Å². The van der Waals surface area contributed by atoms with Crippen molar-refractivity contribution in [2.45, 2.75) is 6.17 Å². The van der Waals surface area contributed by atoms with E-state index in [0.29, 0.717) is 5.82 Å². The fraction of sp³-hybridized carbons (Fsp3) is 0.0192. The van der Waals surface area contributed by atoms with Crippen molar-refractivity contribution in [1.82, 2.24) is 9.97 Å². The van der Waals surface area contributed by atoms with Crippen molar-refractivity contribution in [3.8, 4) is 56.0 Å². The first-order chi connectivity index (χ1) is 27.7. The number of aliphatic imine (C=N–C) groups is 1. The van der Waals surface area contributed by atoms with Crippen LogP contribution in [0.25, 0.3) is 66.9 Å². The molecule has 0 saturated heterocycles. The Balaban J connectivity index is 0.998. The topological polar surface area (TPSA) is 50.2 Å². The van der Waals surface area contributed by atoms with E-state index in [-0.39, 0.29) is 6.17 Å². The van der Waals surface area contributed by atoms with Crippen molar-refractivity contribution in [1.29, 1.82) is 0 Å². The Labute approximate surface area is 326 Å². The summed E-state index contributed by atoms with van der Waals surface area (Å²) >= 11 is 0. The van der Waals surface area contributed by atoms with Crippen LogP contribution in [0.5, 0.6) is 0 Å². The highest BCUT2D eigenvalue weighted by atomic mass is 15.1. The minimum atomic E-state index is -0.255. The van der Waals surface area contributed by atoms with Gasteiger partial charge in [0, 0.05) is 33.3 Å². The molecule has 8 aromatic carbocycles. The Morgan fingerprint density at radius 1 is 0.375 bits per heavy atom. The van der Waals surface area contributed by atoms with Gasteiger partial charge in [0.15, 0.2) is 5.82 Å². The molecule has 0 spiro atoms. The van der Waals surface area contributed by atoms with Crippen LogP contribution in [0.15, 0.2) is 211 Å². The van der Waals surface area contributed by atoms with Gasteiger partial charge in [0.1, 0.15) is 6.17 Å². The zero-order valence-electron chi connectivity index (χ0n) is 30.5. The van der Waals surface area contributed by atoms with Crippen LogP contribution in [0.3, 0.4) is 0 Å². The smallest absolute Gasteiger partial charge is 0.160 e. The van der Waals surface area contributed by atoms with E-state index in [1.807, 2.05) is 18.2 Å². The Kier molecular flexibility index (Phi) is 8.54. The van der Waals surface area contributed by atoms with Gasteiger partial charge >= 0.3 is 0 Å². The zero-order chi connectivity index (χ0) is 37.3. The summed E-state index contributed by atoms with van der Waals surface area (Å²) in [5, 5.41) is 4.74. The van der Waals surface area contributed by atoms with Gasteiger partial charge in [-0.15, -0.1) is 0 Å². The van der Waals surface area contributed by atoms with Gasteiger partial charge in [-0.3, -0.25) is 4.99 Å². The Morgan fingerprint density at radius 3 is 1.70 bits per heavy atom. The molecule has 0 aliphatic carbocycles. The molecule has 1 N–H and O–H groups in total. The van der Waals surface area contributed by atoms with Crippen LogP contribution >= 0.6 is 0 Å². The van der Waals surface area contributed by atoms with Crippen LogP contribution in [-0.2, 0) is 0 Å². The molecule has 9 aromatic rings. The summed E-state index contributed by atoms with van der Waals surface area (Å²) in [7, 11) is 0. The molecular weight excluding hydrogens is 681 g/mol. The lowest BCUT2D eigenvalue weighted by Crippen LogP contribution is -2.20. The molecule has 4 heteroatoms. The first-order valence-electron chi connectivity index (χ1n) is 19.0. The molecule has 10 rings (SSSR count). The highest BCUT2D eigenvalue weighted by molar-refractivity contribution is 6.17. The van der Waals surface area contributed by atoms with Gasteiger partial charge in [-0.1, -0.05) is 176 Å². The molecule has 1 atom stereocenters. The van der Waals surface area contributed by atoms with Crippen molar-refractivity contribution in [3.63, 3.8) is 0 Å². The molecule has 2 heterocycles. The maximum Gasteiger partial charge on any atom is 0.160 e. The molecule has 1 aliphatic rings. The molecule has 1 aromatic heterocycles. The Bertz CT molecular complexity index is 2880. The number of anilines is 1. The van der Waals surface area contributed by atoms with Crippen molar-refractivity contribution in [2.24, 2.45) is 4.99 Å². The van der Waals surface area contributed by atoms with Crippen molar-refractivity contribution in [3.05, 3.63) is 223 Å². The average Bonchev–Trinajstić information content (AvgIpc) is 3.29. The van der Waals surface area contributed by atoms with Crippen LogP contribution in [0, 0.1) is 0 Å². The summed E-state index contributed by atoms with van der Waals surface area (Å²) in [5.74, 6) is 0.694. The lowest BCUT2D eigenvalue weighted by molar-refractivity contribution is 0.828. The van der Waals surface area contributed by atoms with E-state index in [9.17, 15) is 0 Å². The highest BCUT2D eigenvalue weighted by Crippen LogP contribution is 2.36. The molecule has 4 nitrogen and oxygen atoms in total. The molecule has 0 bridgehead atoms. The number of hydrogen-bond donors (Lipinski definition) is 1. The molecule has 264 valence electrons. The first-order valence-corrected chi connectivity index (χ1v) is 19.0. The largest absolute Gasteiger partial charge is 0.360 e. The minimum absolute atomic E-state index is 0.255. The first kappa shape index (κ1) is 33.2. The fourth-order valence-electron chi connectivity index (χ4n) is 7.66. The maximum atomic E-state index is 5.34. The molecule has 0 saturated carbocycles. The SMILES string of the molecule is c1ccc(-c2ccc(C3=NC(c4cccc(-c5cccc(-c6nc(-c7cccc(-c8ccccc8)c7)c7ccccc7n6)c5)c4)Nc4ccccc43)cc2)cc1.